The van der Waals surface area contributed by atoms with Crippen LogP contribution in [0.25, 0.3) is 0 Å². The predicted octanol–water partition coefficient (Wildman–Crippen LogP) is 0.473. The van der Waals surface area contributed by atoms with Gasteiger partial charge in [-0.3, -0.25) is 0 Å². The van der Waals surface area contributed by atoms with Gasteiger partial charge in [-0.1, -0.05) is 19.1 Å². The second kappa shape index (κ2) is 4.94. The van der Waals surface area contributed by atoms with Gasteiger partial charge < -0.3 is 5.73 Å². The number of hydrogen-bond donors (Lipinski definition) is 1. The number of aromatic nitrogens is 6. The van der Waals surface area contributed by atoms with Gasteiger partial charge in [0.15, 0.2) is 5.82 Å². The molecule has 2 aromatic rings. The van der Waals surface area contributed by atoms with Gasteiger partial charge >= 0.3 is 0 Å². The summed E-state index contributed by atoms with van der Waals surface area (Å²) in [4.78, 5) is 4.24. The van der Waals surface area contributed by atoms with E-state index in [1.165, 1.54) is 0 Å². The summed E-state index contributed by atoms with van der Waals surface area (Å²) in [6.45, 7) is 5.56. The first kappa shape index (κ1) is 11.6. The number of aryl methyl sites for hydroxylation is 1. The van der Waals surface area contributed by atoms with Crippen LogP contribution in [-0.2, 0) is 19.5 Å². The minimum Gasteiger partial charge on any atom is -0.381 e. The third kappa shape index (κ3) is 2.27. The maximum Gasteiger partial charge on any atom is 0.169 e. The van der Waals surface area contributed by atoms with Crippen LogP contribution in [-0.4, -0.2) is 29.8 Å². The van der Waals surface area contributed by atoms with E-state index in [1.54, 1.807) is 11.0 Å². The molecule has 7 heteroatoms. The van der Waals surface area contributed by atoms with E-state index in [1.807, 2.05) is 11.6 Å². The van der Waals surface area contributed by atoms with E-state index in [2.05, 4.69) is 27.3 Å². The number of anilines is 1. The topological polar surface area (TPSA) is 87.4 Å². The zero-order chi connectivity index (χ0) is 12.3. The molecule has 0 aromatic carbocycles. The van der Waals surface area contributed by atoms with Crippen molar-refractivity contribution in [3.63, 3.8) is 0 Å². The van der Waals surface area contributed by atoms with Gasteiger partial charge in [0.1, 0.15) is 18.7 Å². The minimum atomic E-state index is 0.494. The molecule has 2 aromatic heterocycles. The van der Waals surface area contributed by atoms with E-state index in [9.17, 15) is 0 Å². The molecule has 7 nitrogen and oxygen atoms in total. The van der Waals surface area contributed by atoms with E-state index in [4.69, 9.17) is 5.73 Å². The molecule has 0 amide bonds. The van der Waals surface area contributed by atoms with Crippen LogP contribution < -0.4 is 5.73 Å². The van der Waals surface area contributed by atoms with Gasteiger partial charge in [-0.25, -0.2) is 14.3 Å². The Hall–Kier alpha value is -1.92. The number of nitrogen functional groups attached to an aromatic ring is 1. The SMILES string of the molecule is CCCn1ncnc1Cn1nnc(N)c1CC. The average molecular weight is 235 g/mol. The van der Waals surface area contributed by atoms with Crippen LogP contribution in [0.4, 0.5) is 5.82 Å². The van der Waals surface area contributed by atoms with Gasteiger partial charge in [0.05, 0.1) is 5.69 Å². The Morgan fingerprint density at radius 1 is 1.29 bits per heavy atom. The lowest BCUT2D eigenvalue weighted by atomic mass is 10.3. The molecule has 0 unspecified atom stereocenters. The lowest BCUT2D eigenvalue weighted by Crippen LogP contribution is -2.13. The van der Waals surface area contributed by atoms with Gasteiger partial charge in [-0.05, 0) is 12.8 Å². The fourth-order valence-electron chi connectivity index (χ4n) is 1.78. The van der Waals surface area contributed by atoms with Crippen molar-refractivity contribution in [1.82, 2.24) is 29.8 Å². The highest BCUT2D eigenvalue weighted by Crippen LogP contribution is 2.09. The summed E-state index contributed by atoms with van der Waals surface area (Å²) in [6.07, 6.45) is 3.40. The quantitative estimate of drug-likeness (QED) is 0.814. The summed E-state index contributed by atoms with van der Waals surface area (Å²) >= 11 is 0. The van der Waals surface area contributed by atoms with Gasteiger partial charge in [-0.2, -0.15) is 5.10 Å². The normalized spacial score (nSPS) is 10.9. The zero-order valence-corrected chi connectivity index (χ0v) is 10.2. The molecule has 17 heavy (non-hydrogen) atoms. The standard InChI is InChI=1S/C10H17N7/c1-3-5-16-9(12-7-13-16)6-17-8(4-2)10(11)14-15-17/h7H,3-6,11H2,1-2H3. The van der Waals surface area contributed by atoms with Crippen LogP contribution in [0.2, 0.25) is 0 Å². The first-order valence-electron chi connectivity index (χ1n) is 5.80. The summed E-state index contributed by atoms with van der Waals surface area (Å²) in [5, 5.41) is 12.1. The van der Waals surface area contributed by atoms with E-state index >= 15 is 0 Å². The molecule has 0 aliphatic heterocycles. The lowest BCUT2D eigenvalue weighted by Gasteiger charge is -2.06. The van der Waals surface area contributed by atoms with Crippen molar-refractivity contribution in [2.24, 2.45) is 0 Å². The summed E-state index contributed by atoms with van der Waals surface area (Å²) < 4.78 is 3.67. The molecule has 92 valence electrons. The molecular weight excluding hydrogens is 218 g/mol. The van der Waals surface area contributed by atoms with Gasteiger partial charge in [-0.15, -0.1) is 5.10 Å². The van der Waals surface area contributed by atoms with Crippen molar-refractivity contribution in [3.8, 4) is 0 Å². The maximum atomic E-state index is 5.74. The van der Waals surface area contributed by atoms with E-state index in [0.717, 1.165) is 30.9 Å². The second-order valence-corrected chi connectivity index (χ2v) is 3.83. The number of rotatable bonds is 5. The molecule has 0 aliphatic rings. The molecule has 0 saturated heterocycles. The Morgan fingerprint density at radius 2 is 2.12 bits per heavy atom. The summed E-state index contributed by atoms with van der Waals surface area (Å²) in [7, 11) is 0. The van der Waals surface area contributed by atoms with Crippen LogP contribution in [0, 0.1) is 0 Å². The van der Waals surface area contributed by atoms with Crippen molar-refractivity contribution in [2.45, 2.75) is 39.8 Å². The number of nitrogens with zero attached hydrogens (tertiary/aromatic N) is 6. The Morgan fingerprint density at radius 3 is 2.82 bits per heavy atom. The Balaban J connectivity index is 2.22. The molecular formula is C10H17N7. The van der Waals surface area contributed by atoms with Crippen LogP contribution in [0.1, 0.15) is 31.8 Å². The smallest absolute Gasteiger partial charge is 0.169 e. The molecule has 0 bridgehead atoms. The fraction of sp³-hybridized carbons (Fsp3) is 0.600. The minimum absolute atomic E-state index is 0.494. The highest BCUT2D eigenvalue weighted by molar-refractivity contribution is 5.32. The second-order valence-electron chi connectivity index (χ2n) is 3.83. The molecule has 0 atom stereocenters. The first-order chi connectivity index (χ1) is 8.26. The number of hydrogen-bond acceptors (Lipinski definition) is 5. The van der Waals surface area contributed by atoms with Crippen molar-refractivity contribution in [1.29, 1.82) is 0 Å². The maximum absolute atomic E-state index is 5.74. The first-order valence-corrected chi connectivity index (χ1v) is 5.80. The third-order valence-corrected chi connectivity index (χ3v) is 2.62. The fourth-order valence-corrected chi connectivity index (χ4v) is 1.78. The van der Waals surface area contributed by atoms with Crippen molar-refractivity contribution < 1.29 is 0 Å². The van der Waals surface area contributed by atoms with E-state index < -0.39 is 0 Å². The van der Waals surface area contributed by atoms with E-state index in [0.29, 0.717) is 12.4 Å². The van der Waals surface area contributed by atoms with Gasteiger partial charge in [0, 0.05) is 6.54 Å². The molecule has 2 rings (SSSR count). The summed E-state index contributed by atoms with van der Waals surface area (Å²) in [5.74, 6) is 1.38. The molecule has 0 fully saturated rings. The summed E-state index contributed by atoms with van der Waals surface area (Å²) in [5.41, 5.74) is 6.68. The molecule has 0 aliphatic carbocycles. The van der Waals surface area contributed by atoms with Crippen LogP contribution in [0.3, 0.4) is 0 Å². The Kier molecular flexibility index (Phi) is 3.36. The highest BCUT2D eigenvalue weighted by atomic mass is 15.5. The molecule has 2 heterocycles. The predicted molar refractivity (Wildman–Crippen MR) is 63.2 cm³/mol. The average Bonchev–Trinajstić information content (AvgIpc) is 2.88. The zero-order valence-electron chi connectivity index (χ0n) is 10.2. The molecule has 0 saturated carbocycles. The number of nitrogens with two attached hydrogens (primary N) is 1. The monoisotopic (exact) mass is 235 g/mol. The van der Waals surface area contributed by atoms with Gasteiger partial charge in [0.25, 0.3) is 0 Å². The Bertz CT molecular complexity index is 485. The van der Waals surface area contributed by atoms with Crippen molar-refractivity contribution >= 4 is 5.82 Å². The molecule has 0 radical (unpaired) electrons. The van der Waals surface area contributed by atoms with Crippen LogP contribution in [0.5, 0.6) is 0 Å². The summed E-state index contributed by atoms with van der Waals surface area (Å²) in [6, 6.07) is 0. The molecule has 2 N–H and O–H groups in total. The molecule has 0 spiro atoms. The van der Waals surface area contributed by atoms with Crippen molar-refractivity contribution in [2.75, 3.05) is 5.73 Å². The van der Waals surface area contributed by atoms with Crippen LogP contribution >= 0.6 is 0 Å². The lowest BCUT2D eigenvalue weighted by molar-refractivity contribution is 0.524. The van der Waals surface area contributed by atoms with Crippen molar-refractivity contribution in [3.05, 3.63) is 17.8 Å². The van der Waals surface area contributed by atoms with Crippen LogP contribution in [0.15, 0.2) is 6.33 Å². The largest absolute Gasteiger partial charge is 0.381 e. The van der Waals surface area contributed by atoms with E-state index in [-0.39, 0.29) is 0 Å². The van der Waals surface area contributed by atoms with Gasteiger partial charge in [0.2, 0.25) is 0 Å². The Labute approximate surface area is 99.6 Å². The highest BCUT2D eigenvalue weighted by Gasteiger charge is 2.11. The third-order valence-electron chi connectivity index (χ3n) is 2.62.